The molecule has 0 heterocycles. The number of nitrogens with one attached hydrogen (secondary N) is 1. The molecule has 6 unspecified atom stereocenters. The Balaban J connectivity index is 2.32. The van der Waals surface area contributed by atoms with Gasteiger partial charge < -0.3 is 5.32 Å². The van der Waals surface area contributed by atoms with Crippen molar-refractivity contribution >= 4 is 0 Å². The molecule has 0 amide bonds. The number of hydrogen-bond donors (Lipinski definition) is 1. The predicted molar refractivity (Wildman–Crippen MR) is 81.8 cm³/mol. The lowest BCUT2D eigenvalue weighted by atomic mass is 9.87. The molecule has 0 aromatic heterocycles. The Bertz CT molecular complexity index is 226. The van der Waals surface area contributed by atoms with E-state index in [1.54, 1.807) is 0 Å². The van der Waals surface area contributed by atoms with Crippen molar-refractivity contribution in [2.24, 2.45) is 29.6 Å². The molecule has 1 aliphatic rings. The van der Waals surface area contributed by atoms with Crippen LogP contribution in [0.1, 0.15) is 67.2 Å². The van der Waals surface area contributed by atoms with Crippen LogP contribution >= 0.6 is 0 Å². The summed E-state index contributed by atoms with van der Waals surface area (Å²) in [5.41, 5.74) is 0. The van der Waals surface area contributed by atoms with E-state index in [9.17, 15) is 0 Å². The molecule has 0 aliphatic heterocycles. The molecular formula is C17H35N. The Morgan fingerprint density at radius 3 is 2.22 bits per heavy atom. The van der Waals surface area contributed by atoms with Gasteiger partial charge in [-0.1, -0.05) is 47.5 Å². The first-order chi connectivity index (χ1) is 8.51. The van der Waals surface area contributed by atoms with Crippen LogP contribution in [-0.4, -0.2) is 12.6 Å². The highest BCUT2D eigenvalue weighted by atomic mass is 14.9. The standard InChI is InChI=1S/C17H35N/c1-7-9-16(17-10-13(17)4)11-18-15(6)14(5)12(3)8-2/h12-18H,7-11H2,1-6H3. The molecular weight excluding hydrogens is 218 g/mol. The quantitative estimate of drug-likeness (QED) is 0.627. The lowest BCUT2D eigenvalue weighted by molar-refractivity contribution is 0.268. The van der Waals surface area contributed by atoms with Crippen LogP contribution in [0, 0.1) is 29.6 Å². The summed E-state index contributed by atoms with van der Waals surface area (Å²) in [6, 6.07) is 0.661. The summed E-state index contributed by atoms with van der Waals surface area (Å²) in [4.78, 5) is 0. The summed E-state index contributed by atoms with van der Waals surface area (Å²) >= 11 is 0. The van der Waals surface area contributed by atoms with Crippen LogP contribution in [0.2, 0.25) is 0 Å². The van der Waals surface area contributed by atoms with E-state index in [1.165, 1.54) is 32.2 Å². The molecule has 0 radical (unpaired) electrons. The van der Waals surface area contributed by atoms with Crippen LogP contribution in [-0.2, 0) is 0 Å². The minimum atomic E-state index is 0.661. The second-order valence-electron chi connectivity index (χ2n) is 6.87. The highest BCUT2D eigenvalue weighted by Gasteiger charge is 2.38. The van der Waals surface area contributed by atoms with Crippen molar-refractivity contribution in [2.75, 3.05) is 6.54 Å². The van der Waals surface area contributed by atoms with E-state index in [0.717, 1.165) is 29.6 Å². The highest BCUT2D eigenvalue weighted by Crippen LogP contribution is 2.45. The van der Waals surface area contributed by atoms with Crippen LogP contribution in [0.3, 0.4) is 0 Å². The van der Waals surface area contributed by atoms with Crippen molar-refractivity contribution in [3.8, 4) is 0 Å². The summed E-state index contributed by atoms with van der Waals surface area (Å²) in [6.07, 6.45) is 5.52. The zero-order valence-electron chi connectivity index (χ0n) is 13.5. The molecule has 0 bridgehead atoms. The second kappa shape index (κ2) is 7.53. The van der Waals surface area contributed by atoms with E-state index >= 15 is 0 Å². The van der Waals surface area contributed by atoms with Gasteiger partial charge in [-0.15, -0.1) is 0 Å². The lowest BCUT2D eigenvalue weighted by Gasteiger charge is -2.28. The van der Waals surface area contributed by atoms with Crippen molar-refractivity contribution in [2.45, 2.75) is 73.3 Å². The van der Waals surface area contributed by atoms with Crippen LogP contribution < -0.4 is 5.32 Å². The van der Waals surface area contributed by atoms with Crippen molar-refractivity contribution in [3.63, 3.8) is 0 Å². The van der Waals surface area contributed by atoms with E-state index in [1.807, 2.05) is 0 Å². The molecule has 1 heteroatoms. The fourth-order valence-corrected chi connectivity index (χ4v) is 3.23. The van der Waals surface area contributed by atoms with Crippen LogP contribution in [0.15, 0.2) is 0 Å². The molecule has 0 saturated heterocycles. The predicted octanol–water partition coefficient (Wildman–Crippen LogP) is 4.72. The molecule has 1 aliphatic carbocycles. The average molecular weight is 253 g/mol. The molecule has 1 saturated carbocycles. The summed E-state index contributed by atoms with van der Waals surface area (Å²) in [5, 5.41) is 3.82. The molecule has 1 fully saturated rings. The fourth-order valence-electron chi connectivity index (χ4n) is 3.23. The van der Waals surface area contributed by atoms with Gasteiger partial charge in [0.1, 0.15) is 0 Å². The van der Waals surface area contributed by atoms with Gasteiger partial charge in [-0.2, -0.15) is 0 Å². The van der Waals surface area contributed by atoms with Gasteiger partial charge in [-0.3, -0.25) is 0 Å². The first kappa shape index (κ1) is 16.0. The third-order valence-corrected chi connectivity index (χ3v) is 5.47. The molecule has 18 heavy (non-hydrogen) atoms. The molecule has 0 aromatic rings. The van der Waals surface area contributed by atoms with Gasteiger partial charge >= 0.3 is 0 Å². The van der Waals surface area contributed by atoms with Crippen molar-refractivity contribution < 1.29 is 0 Å². The Hall–Kier alpha value is -0.0400. The zero-order chi connectivity index (χ0) is 13.7. The van der Waals surface area contributed by atoms with Gasteiger partial charge in [0.15, 0.2) is 0 Å². The molecule has 0 aromatic carbocycles. The molecule has 1 N–H and O–H groups in total. The highest BCUT2D eigenvalue weighted by molar-refractivity contribution is 4.89. The zero-order valence-corrected chi connectivity index (χ0v) is 13.5. The van der Waals surface area contributed by atoms with E-state index in [0.29, 0.717) is 6.04 Å². The van der Waals surface area contributed by atoms with Gasteiger partial charge in [0.25, 0.3) is 0 Å². The Kier molecular flexibility index (Phi) is 6.70. The van der Waals surface area contributed by atoms with Gasteiger partial charge in [0.05, 0.1) is 0 Å². The molecule has 6 atom stereocenters. The third-order valence-electron chi connectivity index (χ3n) is 5.47. The van der Waals surface area contributed by atoms with E-state index in [2.05, 4.69) is 46.9 Å². The summed E-state index contributed by atoms with van der Waals surface area (Å²) in [5.74, 6) is 4.55. The molecule has 108 valence electrons. The maximum absolute atomic E-state index is 3.82. The van der Waals surface area contributed by atoms with Gasteiger partial charge in [0, 0.05) is 6.04 Å². The maximum atomic E-state index is 3.82. The van der Waals surface area contributed by atoms with Gasteiger partial charge in [0.2, 0.25) is 0 Å². The van der Waals surface area contributed by atoms with Gasteiger partial charge in [-0.25, -0.2) is 0 Å². The summed E-state index contributed by atoms with van der Waals surface area (Å²) in [7, 11) is 0. The first-order valence-corrected chi connectivity index (χ1v) is 8.24. The van der Waals surface area contributed by atoms with Crippen molar-refractivity contribution in [3.05, 3.63) is 0 Å². The van der Waals surface area contributed by atoms with E-state index in [-0.39, 0.29) is 0 Å². The largest absolute Gasteiger partial charge is 0.314 e. The minimum absolute atomic E-state index is 0.661. The van der Waals surface area contributed by atoms with E-state index in [4.69, 9.17) is 0 Å². The molecule has 1 nitrogen and oxygen atoms in total. The Labute approximate surface area is 115 Å². The van der Waals surface area contributed by atoms with Crippen LogP contribution in [0.4, 0.5) is 0 Å². The molecule has 1 rings (SSSR count). The Morgan fingerprint density at radius 2 is 1.78 bits per heavy atom. The summed E-state index contributed by atoms with van der Waals surface area (Å²) in [6.45, 7) is 15.4. The normalized spacial score (nSPS) is 29.7. The number of rotatable bonds is 9. The second-order valence-corrected chi connectivity index (χ2v) is 6.87. The number of hydrogen-bond acceptors (Lipinski definition) is 1. The third kappa shape index (κ3) is 4.57. The first-order valence-electron chi connectivity index (χ1n) is 8.24. The van der Waals surface area contributed by atoms with Crippen LogP contribution in [0.25, 0.3) is 0 Å². The Morgan fingerprint density at radius 1 is 1.17 bits per heavy atom. The monoisotopic (exact) mass is 253 g/mol. The fraction of sp³-hybridized carbons (Fsp3) is 1.00. The maximum Gasteiger partial charge on any atom is 0.00670 e. The van der Waals surface area contributed by atoms with Crippen LogP contribution in [0.5, 0.6) is 0 Å². The molecule has 0 spiro atoms. The average Bonchev–Trinajstić information content (AvgIpc) is 3.09. The van der Waals surface area contributed by atoms with Crippen molar-refractivity contribution in [1.29, 1.82) is 0 Å². The summed E-state index contributed by atoms with van der Waals surface area (Å²) < 4.78 is 0. The van der Waals surface area contributed by atoms with Gasteiger partial charge in [-0.05, 0) is 55.9 Å². The van der Waals surface area contributed by atoms with E-state index < -0.39 is 0 Å². The van der Waals surface area contributed by atoms with Crippen molar-refractivity contribution in [1.82, 2.24) is 5.32 Å². The lowest BCUT2D eigenvalue weighted by Crippen LogP contribution is -2.38. The minimum Gasteiger partial charge on any atom is -0.314 e. The SMILES string of the molecule is CCCC(CNC(C)C(C)C(C)CC)C1CC1C. The smallest absolute Gasteiger partial charge is 0.00670 e. The topological polar surface area (TPSA) is 12.0 Å².